The Kier molecular flexibility index (Phi) is 5.47. The molecule has 0 saturated heterocycles. The van der Waals surface area contributed by atoms with Gasteiger partial charge in [-0.3, -0.25) is 9.78 Å². The largest absolute Gasteiger partial charge is 0.466 e. The van der Waals surface area contributed by atoms with Crippen LogP contribution in [0, 0.1) is 0 Å². The van der Waals surface area contributed by atoms with E-state index in [9.17, 15) is 13.6 Å². The number of pyridine rings is 1. The second kappa shape index (κ2) is 6.64. The molecule has 94 valence electrons. The van der Waals surface area contributed by atoms with Crippen LogP contribution in [0.4, 0.5) is 8.78 Å². The molecule has 0 unspecified atom stereocenters. The van der Waals surface area contributed by atoms with Crippen molar-refractivity contribution in [1.82, 2.24) is 4.98 Å². The minimum absolute atomic E-state index is 0.164. The SMILES string of the molecule is CCOC(=O)Cc1c(C(F)F)ccnc1CBr. The van der Waals surface area contributed by atoms with Gasteiger partial charge in [-0.15, -0.1) is 0 Å². The number of nitrogens with zero attached hydrogens (tertiary/aromatic N) is 1. The van der Waals surface area contributed by atoms with Crippen LogP contribution in [-0.4, -0.2) is 17.6 Å². The number of ether oxygens (including phenoxy) is 1. The summed E-state index contributed by atoms with van der Waals surface area (Å²) < 4.78 is 30.3. The lowest BCUT2D eigenvalue weighted by Gasteiger charge is -2.11. The minimum atomic E-state index is -2.62. The van der Waals surface area contributed by atoms with Gasteiger partial charge in [-0.05, 0) is 18.6 Å². The van der Waals surface area contributed by atoms with Gasteiger partial charge in [0.05, 0.1) is 18.7 Å². The monoisotopic (exact) mass is 307 g/mol. The number of carbonyl (C=O) groups excluding carboxylic acids is 1. The highest BCUT2D eigenvalue weighted by Gasteiger charge is 2.19. The van der Waals surface area contributed by atoms with Crippen molar-refractivity contribution < 1.29 is 18.3 Å². The molecule has 0 aliphatic heterocycles. The summed E-state index contributed by atoms with van der Waals surface area (Å²) in [5, 5.41) is 0.322. The zero-order chi connectivity index (χ0) is 12.8. The molecule has 0 amide bonds. The van der Waals surface area contributed by atoms with Gasteiger partial charge in [-0.2, -0.15) is 0 Å². The van der Waals surface area contributed by atoms with Crippen LogP contribution in [-0.2, 0) is 21.3 Å². The average molecular weight is 308 g/mol. The van der Waals surface area contributed by atoms with Crippen LogP contribution < -0.4 is 0 Å². The van der Waals surface area contributed by atoms with Gasteiger partial charge < -0.3 is 4.74 Å². The smallest absolute Gasteiger partial charge is 0.310 e. The normalized spacial score (nSPS) is 10.6. The van der Waals surface area contributed by atoms with Crippen molar-refractivity contribution in [2.45, 2.75) is 25.1 Å². The van der Waals surface area contributed by atoms with Gasteiger partial charge in [0.2, 0.25) is 0 Å². The van der Waals surface area contributed by atoms with Crippen molar-refractivity contribution in [2.24, 2.45) is 0 Å². The zero-order valence-corrected chi connectivity index (χ0v) is 10.8. The Morgan fingerprint density at radius 1 is 1.59 bits per heavy atom. The number of hydrogen-bond acceptors (Lipinski definition) is 3. The summed E-state index contributed by atoms with van der Waals surface area (Å²) in [6, 6.07) is 1.23. The Hall–Kier alpha value is -1.04. The third-order valence-corrected chi connectivity index (χ3v) is 2.70. The number of halogens is 3. The van der Waals surface area contributed by atoms with Crippen molar-refractivity contribution in [3.05, 3.63) is 29.1 Å². The number of alkyl halides is 3. The fourth-order valence-electron chi connectivity index (χ4n) is 1.43. The third-order valence-electron chi connectivity index (χ3n) is 2.17. The number of rotatable bonds is 5. The Balaban J connectivity index is 3.04. The maximum absolute atomic E-state index is 12.8. The van der Waals surface area contributed by atoms with Gasteiger partial charge in [0, 0.05) is 17.1 Å². The summed E-state index contributed by atoms with van der Waals surface area (Å²) in [5.74, 6) is -0.524. The molecular weight excluding hydrogens is 296 g/mol. The van der Waals surface area contributed by atoms with Gasteiger partial charge in [-0.25, -0.2) is 8.78 Å². The van der Waals surface area contributed by atoms with E-state index >= 15 is 0 Å². The van der Waals surface area contributed by atoms with Crippen LogP contribution in [0.15, 0.2) is 12.3 Å². The molecule has 0 N–H and O–H groups in total. The van der Waals surface area contributed by atoms with Crippen LogP contribution in [0.25, 0.3) is 0 Å². The van der Waals surface area contributed by atoms with E-state index in [1.807, 2.05) is 0 Å². The fourth-order valence-corrected chi connectivity index (χ4v) is 1.92. The first kappa shape index (κ1) is 14.0. The second-order valence-corrected chi connectivity index (χ2v) is 3.80. The first-order valence-corrected chi connectivity index (χ1v) is 6.18. The van der Waals surface area contributed by atoms with Crippen molar-refractivity contribution in [1.29, 1.82) is 0 Å². The molecule has 0 fully saturated rings. The van der Waals surface area contributed by atoms with Gasteiger partial charge >= 0.3 is 5.97 Å². The molecular formula is C11H12BrF2NO2. The van der Waals surface area contributed by atoms with Crippen LogP contribution in [0.1, 0.15) is 30.2 Å². The molecule has 1 heterocycles. The first-order chi connectivity index (χ1) is 8.10. The molecule has 0 spiro atoms. The molecule has 3 nitrogen and oxygen atoms in total. The van der Waals surface area contributed by atoms with Crippen molar-refractivity contribution >= 4 is 21.9 Å². The Morgan fingerprint density at radius 2 is 2.29 bits per heavy atom. The summed E-state index contributed by atoms with van der Waals surface area (Å²) in [6.45, 7) is 1.90. The molecule has 0 bridgehead atoms. The van der Waals surface area contributed by atoms with E-state index < -0.39 is 12.4 Å². The second-order valence-electron chi connectivity index (χ2n) is 3.24. The molecule has 0 aliphatic carbocycles. The molecule has 1 aromatic heterocycles. The van der Waals surface area contributed by atoms with E-state index in [1.54, 1.807) is 6.92 Å². The number of aromatic nitrogens is 1. The summed E-state index contributed by atoms with van der Waals surface area (Å²) in [6.07, 6.45) is -1.49. The van der Waals surface area contributed by atoms with E-state index in [-0.39, 0.29) is 24.2 Å². The summed E-state index contributed by atoms with van der Waals surface area (Å²) in [5.41, 5.74) is 0.524. The molecule has 0 aliphatic rings. The molecule has 0 radical (unpaired) electrons. The van der Waals surface area contributed by atoms with Gasteiger partial charge in [0.1, 0.15) is 0 Å². The predicted molar refractivity (Wildman–Crippen MR) is 62.2 cm³/mol. The summed E-state index contributed by atoms with van der Waals surface area (Å²) >= 11 is 3.16. The van der Waals surface area contributed by atoms with Crippen LogP contribution in [0.5, 0.6) is 0 Å². The van der Waals surface area contributed by atoms with E-state index in [2.05, 4.69) is 20.9 Å². The maximum atomic E-state index is 12.8. The van der Waals surface area contributed by atoms with Gasteiger partial charge in [0.15, 0.2) is 0 Å². The highest BCUT2D eigenvalue weighted by Crippen LogP contribution is 2.26. The summed E-state index contributed by atoms with van der Waals surface area (Å²) in [4.78, 5) is 15.3. The lowest BCUT2D eigenvalue weighted by atomic mass is 10.0. The Labute approximate surface area is 106 Å². The molecule has 1 aromatic rings. The number of hydrogen-bond donors (Lipinski definition) is 0. The Bertz CT molecular complexity index is 399. The van der Waals surface area contributed by atoms with E-state index in [0.717, 1.165) is 0 Å². The highest BCUT2D eigenvalue weighted by atomic mass is 79.9. The average Bonchev–Trinajstić information content (AvgIpc) is 2.29. The zero-order valence-electron chi connectivity index (χ0n) is 9.25. The molecule has 0 saturated carbocycles. The molecule has 17 heavy (non-hydrogen) atoms. The maximum Gasteiger partial charge on any atom is 0.310 e. The van der Waals surface area contributed by atoms with Gasteiger partial charge in [-0.1, -0.05) is 15.9 Å². The number of esters is 1. The van der Waals surface area contributed by atoms with Crippen molar-refractivity contribution in [3.8, 4) is 0 Å². The van der Waals surface area contributed by atoms with E-state index in [0.29, 0.717) is 11.0 Å². The fraction of sp³-hybridized carbons (Fsp3) is 0.455. The molecule has 1 rings (SSSR count). The standard InChI is InChI=1S/C11H12BrF2NO2/c1-2-17-10(16)5-8-7(11(13)14)3-4-15-9(8)6-12/h3-4,11H,2,5-6H2,1H3. The predicted octanol–water partition coefficient (Wildman–Crippen LogP) is 3.02. The first-order valence-electron chi connectivity index (χ1n) is 5.06. The minimum Gasteiger partial charge on any atom is -0.466 e. The van der Waals surface area contributed by atoms with Crippen molar-refractivity contribution in [3.63, 3.8) is 0 Å². The van der Waals surface area contributed by atoms with Gasteiger partial charge in [0.25, 0.3) is 6.43 Å². The molecule has 0 aromatic carbocycles. The van der Waals surface area contributed by atoms with E-state index in [4.69, 9.17) is 4.74 Å². The molecule has 6 heteroatoms. The lowest BCUT2D eigenvalue weighted by molar-refractivity contribution is -0.142. The topological polar surface area (TPSA) is 39.2 Å². The van der Waals surface area contributed by atoms with Crippen molar-refractivity contribution in [2.75, 3.05) is 6.61 Å². The van der Waals surface area contributed by atoms with Crippen LogP contribution >= 0.6 is 15.9 Å². The lowest BCUT2D eigenvalue weighted by Crippen LogP contribution is -2.12. The van der Waals surface area contributed by atoms with Crippen LogP contribution in [0.3, 0.4) is 0 Å². The highest BCUT2D eigenvalue weighted by molar-refractivity contribution is 9.08. The number of carbonyl (C=O) groups is 1. The van der Waals surface area contributed by atoms with E-state index in [1.165, 1.54) is 12.3 Å². The summed E-state index contributed by atoms with van der Waals surface area (Å²) in [7, 11) is 0. The quantitative estimate of drug-likeness (QED) is 0.620. The third kappa shape index (κ3) is 3.73. The van der Waals surface area contributed by atoms with Crippen LogP contribution in [0.2, 0.25) is 0 Å². The Morgan fingerprint density at radius 3 is 2.82 bits per heavy atom. The molecule has 0 atom stereocenters.